The fraction of sp³-hybridized carbons (Fsp3) is 0.267. The molecule has 2 aromatic heterocycles. The number of fused-ring (bicyclic) bond motifs is 2. The molecule has 0 radical (unpaired) electrons. The van der Waals surface area contributed by atoms with Crippen molar-refractivity contribution in [1.82, 2.24) is 9.88 Å². The molecular weight excluding hydrogens is 272 g/mol. The van der Waals surface area contributed by atoms with Crippen LogP contribution in [0.3, 0.4) is 0 Å². The van der Waals surface area contributed by atoms with Crippen molar-refractivity contribution in [3.8, 4) is 0 Å². The van der Waals surface area contributed by atoms with E-state index < -0.39 is 0 Å². The first kappa shape index (κ1) is 11.6. The van der Waals surface area contributed by atoms with Crippen molar-refractivity contribution in [3.63, 3.8) is 0 Å². The van der Waals surface area contributed by atoms with E-state index in [0.717, 1.165) is 25.2 Å². The Kier molecular flexibility index (Phi) is 2.87. The molecule has 4 rings (SSSR count). The van der Waals surface area contributed by atoms with Gasteiger partial charge in [0, 0.05) is 18.0 Å². The van der Waals surface area contributed by atoms with Crippen LogP contribution in [0.25, 0.3) is 10.2 Å². The van der Waals surface area contributed by atoms with Gasteiger partial charge in [-0.2, -0.15) is 0 Å². The largest absolute Gasteiger partial charge is 0.292 e. The number of hydrogen-bond acceptors (Lipinski definition) is 4. The summed E-state index contributed by atoms with van der Waals surface area (Å²) >= 11 is 3.72. The lowest BCUT2D eigenvalue weighted by Crippen LogP contribution is -2.29. The number of thiazole rings is 1. The third-order valence-corrected chi connectivity index (χ3v) is 5.63. The number of thiophene rings is 1. The number of para-hydroxylation sites is 1. The molecule has 0 saturated carbocycles. The maximum atomic E-state index is 4.73. The summed E-state index contributed by atoms with van der Waals surface area (Å²) in [6.45, 7) is 3.22. The van der Waals surface area contributed by atoms with Gasteiger partial charge in [-0.15, -0.1) is 22.7 Å². The molecule has 4 heteroatoms. The van der Waals surface area contributed by atoms with Gasteiger partial charge in [0.2, 0.25) is 0 Å². The van der Waals surface area contributed by atoms with E-state index in [2.05, 4.69) is 40.6 Å². The predicted octanol–water partition coefficient (Wildman–Crippen LogP) is 3.92. The van der Waals surface area contributed by atoms with Crippen molar-refractivity contribution >= 4 is 32.9 Å². The monoisotopic (exact) mass is 286 g/mol. The summed E-state index contributed by atoms with van der Waals surface area (Å²) in [6.07, 6.45) is 1.19. The lowest BCUT2D eigenvalue weighted by Gasteiger charge is -2.25. The van der Waals surface area contributed by atoms with Crippen molar-refractivity contribution in [2.75, 3.05) is 6.54 Å². The molecule has 1 aromatic carbocycles. The van der Waals surface area contributed by atoms with E-state index in [9.17, 15) is 0 Å². The molecule has 1 aliphatic heterocycles. The zero-order valence-corrected chi connectivity index (χ0v) is 12.1. The topological polar surface area (TPSA) is 16.1 Å². The minimum atomic E-state index is 0.981. The first-order chi connectivity index (χ1) is 9.38. The van der Waals surface area contributed by atoms with Crippen LogP contribution in [0.4, 0.5) is 0 Å². The van der Waals surface area contributed by atoms with Gasteiger partial charge in [0.1, 0.15) is 5.01 Å². The second-order valence-electron chi connectivity index (χ2n) is 4.90. The average Bonchev–Trinajstić information content (AvgIpc) is 3.03. The normalized spacial score (nSPS) is 15.8. The highest BCUT2D eigenvalue weighted by atomic mass is 32.1. The second-order valence-corrected chi connectivity index (χ2v) is 7.02. The summed E-state index contributed by atoms with van der Waals surface area (Å²) in [5.41, 5.74) is 2.65. The highest BCUT2D eigenvalue weighted by Crippen LogP contribution is 2.27. The van der Waals surface area contributed by atoms with E-state index in [0.29, 0.717) is 0 Å². The number of rotatable bonds is 2. The molecule has 3 heterocycles. The van der Waals surface area contributed by atoms with Gasteiger partial charge < -0.3 is 0 Å². The summed E-state index contributed by atoms with van der Waals surface area (Å²) in [7, 11) is 0. The van der Waals surface area contributed by atoms with Gasteiger partial charge in [-0.3, -0.25) is 4.90 Å². The summed E-state index contributed by atoms with van der Waals surface area (Å²) in [6, 6.07) is 10.7. The van der Waals surface area contributed by atoms with Gasteiger partial charge in [-0.25, -0.2) is 4.98 Å². The summed E-state index contributed by atoms with van der Waals surface area (Å²) < 4.78 is 1.30. The van der Waals surface area contributed by atoms with Gasteiger partial charge in [0.15, 0.2) is 0 Å². The van der Waals surface area contributed by atoms with E-state index in [-0.39, 0.29) is 0 Å². The van der Waals surface area contributed by atoms with Crippen LogP contribution in [0.5, 0.6) is 0 Å². The molecule has 0 aliphatic carbocycles. The zero-order valence-electron chi connectivity index (χ0n) is 10.5. The van der Waals surface area contributed by atoms with E-state index in [1.165, 1.54) is 21.7 Å². The van der Waals surface area contributed by atoms with Gasteiger partial charge in [0.25, 0.3) is 0 Å². The van der Waals surface area contributed by atoms with Gasteiger partial charge >= 0.3 is 0 Å². The maximum absolute atomic E-state index is 4.73. The molecule has 0 amide bonds. The fourth-order valence-electron chi connectivity index (χ4n) is 2.62. The van der Waals surface area contributed by atoms with Crippen LogP contribution in [-0.2, 0) is 19.5 Å². The minimum absolute atomic E-state index is 0.981. The number of benzene rings is 1. The van der Waals surface area contributed by atoms with Crippen molar-refractivity contribution < 1.29 is 0 Å². The first-order valence-electron chi connectivity index (χ1n) is 6.50. The Balaban J connectivity index is 1.55. The lowest BCUT2D eigenvalue weighted by atomic mass is 10.1. The zero-order chi connectivity index (χ0) is 12.7. The molecule has 3 aromatic rings. The first-order valence-corrected chi connectivity index (χ1v) is 8.20. The molecular formula is C15H14N2S2. The Morgan fingerprint density at radius 3 is 3.11 bits per heavy atom. The van der Waals surface area contributed by atoms with Crippen molar-refractivity contribution in [2.24, 2.45) is 0 Å². The van der Waals surface area contributed by atoms with E-state index >= 15 is 0 Å². The van der Waals surface area contributed by atoms with Crippen LogP contribution >= 0.6 is 22.7 Å². The Morgan fingerprint density at radius 2 is 2.16 bits per heavy atom. The third-order valence-electron chi connectivity index (χ3n) is 3.58. The van der Waals surface area contributed by atoms with Crippen LogP contribution in [-0.4, -0.2) is 16.4 Å². The third kappa shape index (κ3) is 2.20. The summed E-state index contributed by atoms with van der Waals surface area (Å²) in [5.74, 6) is 0. The van der Waals surface area contributed by atoms with E-state index in [4.69, 9.17) is 4.98 Å². The maximum Gasteiger partial charge on any atom is 0.108 e. The van der Waals surface area contributed by atoms with Crippen LogP contribution in [0.15, 0.2) is 35.7 Å². The Labute approximate surface area is 120 Å². The van der Waals surface area contributed by atoms with Crippen molar-refractivity contribution in [3.05, 3.63) is 51.2 Å². The molecule has 0 saturated heterocycles. The molecule has 19 heavy (non-hydrogen) atoms. The molecule has 2 nitrogen and oxygen atoms in total. The van der Waals surface area contributed by atoms with E-state index in [1.807, 2.05) is 22.7 Å². The SMILES string of the molecule is c1ccc2sc(CN3CCc4sccc4C3)nc2c1. The Bertz CT molecular complexity index is 681. The molecule has 0 unspecified atom stereocenters. The highest BCUT2D eigenvalue weighted by molar-refractivity contribution is 7.18. The van der Waals surface area contributed by atoms with E-state index in [1.54, 1.807) is 4.88 Å². The molecule has 1 aliphatic rings. The molecule has 0 spiro atoms. The highest BCUT2D eigenvalue weighted by Gasteiger charge is 2.18. The number of hydrogen-bond donors (Lipinski definition) is 0. The van der Waals surface area contributed by atoms with Crippen molar-refractivity contribution in [2.45, 2.75) is 19.5 Å². The molecule has 0 atom stereocenters. The quantitative estimate of drug-likeness (QED) is 0.710. The molecule has 96 valence electrons. The molecule has 0 bridgehead atoms. The number of aromatic nitrogens is 1. The van der Waals surface area contributed by atoms with Crippen LogP contribution in [0.2, 0.25) is 0 Å². The molecule has 0 N–H and O–H groups in total. The fourth-order valence-corrected chi connectivity index (χ4v) is 4.52. The van der Waals surface area contributed by atoms with Crippen LogP contribution < -0.4 is 0 Å². The Hall–Kier alpha value is -1.23. The lowest BCUT2D eigenvalue weighted by molar-refractivity contribution is 0.247. The number of nitrogens with zero attached hydrogens (tertiary/aromatic N) is 2. The predicted molar refractivity (Wildman–Crippen MR) is 81.8 cm³/mol. The van der Waals surface area contributed by atoms with Gasteiger partial charge in [0.05, 0.1) is 16.8 Å². The Morgan fingerprint density at radius 1 is 1.21 bits per heavy atom. The minimum Gasteiger partial charge on any atom is -0.292 e. The van der Waals surface area contributed by atoms with Gasteiger partial charge in [-0.05, 0) is 35.6 Å². The van der Waals surface area contributed by atoms with Crippen LogP contribution in [0, 0.1) is 0 Å². The summed E-state index contributed by atoms with van der Waals surface area (Å²) in [5, 5.41) is 3.45. The molecule has 0 fully saturated rings. The standard InChI is InChI=1S/C15H14N2S2/c1-2-4-14-12(3-1)16-15(19-14)10-17-7-5-13-11(9-17)6-8-18-13/h1-4,6,8H,5,7,9-10H2. The van der Waals surface area contributed by atoms with Crippen molar-refractivity contribution in [1.29, 1.82) is 0 Å². The van der Waals surface area contributed by atoms with Gasteiger partial charge in [-0.1, -0.05) is 12.1 Å². The average molecular weight is 286 g/mol. The smallest absolute Gasteiger partial charge is 0.108 e. The summed E-state index contributed by atoms with van der Waals surface area (Å²) in [4.78, 5) is 8.81. The van der Waals surface area contributed by atoms with Crippen LogP contribution in [0.1, 0.15) is 15.4 Å². The second kappa shape index (κ2) is 4.71.